The van der Waals surface area contributed by atoms with Crippen LogP contribution in [0.1, 0.15) is 135 Å². The maximum atomic E-state index is 10.6. The maximum Gasteiger partial charge on any atom is 0.200 e. The Balaban J connectivity index is 2.69. The fraction of sp³-hybridized carbons (Fsp3) is 0.786. The minimum absolute atomic E-state index is 0.0336. The lowest BCUT2D eigenvalue weighted by atomic mass is 9.95. The second-order valence-electron chi connectivity index (χ2n) is 9.16. The lowest BCUT2D eigenvalue weighted by molar-refractivity contribution is 0.279. The average molecular weight is 435 g/mol. The molecule has 0 saturated heterocycles. The second-order valence-corrected chi connectivity index (χ2v) is 9.16. The summed E-state index contributed by atoms with van der Waals surface area (Å²) in [6, 6.07) is 1.78. The average Bonchev–Trinajstić information content (AvgIpc) is 2.77. The molecule has 0 amide bonds. The van der Waals surface area contributed by atoms with Crippen molar-refractivity contribution in [1.82, 2.24) is 0 Å². The van der Waals surface area contributed by atoms with Gasteiger partial charge in [0.25, 0.3) is 0 Å². The highest BCUT2D eigenvalue weighted by atomic mass is 16.5. The number of hydrogen-bond donors (Lipinski definition) is 2. The van der Waals surface area contributed by atoms with Crippen LogP contribution in [0.25, 0.3) is 0 Å². The molecular formula is C28H50O3. The topological polar surface area (TPSA) is 49.7 Å². The number of aryl methyl sites for hydroxylation is 1. The highest BCUT2D eigenvalue weighted by Crippen LogP contribution is 2.42. The van der Waals surface area contributed by atoms with Gasteiger partial charge in [0, 0.05) is 5.56 Å². The van der Waals surface area contributed by atoms with Crippen molar-refractivity contribution in [3.63, 3.8) is 0 Å². The van der Waals surface area contributed by atoms with Gasteiger partial charge in [-0.05, 0) is 43.7 Å². The molecule has 0 aliphatic heterocycles. The Labute approximate surface area is 192 Å². The van der Waals surface area contributed by atoms with Crippen molar-refractivity contribution in [1.29, 1.82) is 0 Å². The first kappa shape index (κ1) is 27.7. The van der Waals surface area contributed by atoms with Crippen LogP contribution in [0.15, 0.2) is 6.07 Å². The standard InChI is InChI=1S/C28H50O3/c1-4-7-10-13-14-15-16-19-22-31-28-25(21-18-12-9-6-3)24(20-17-11-8-5-2)23-26(29)27(28)30/h23,29-30H,4-22H2,1-3H3. The lowest BCUT2D eigenvalue weighted by Crippen LogP contribution is -2.05. The van der Waals surface area contributed by atoms with Gasteiger partial charge in [-0.25, -0.2) is 0 Å². The quantitative estimate of drug-likeness (QED) is 0.159. The van der Waals surface area contributed by atoms with Crippen LogP contribution in [-0.2, 0) is 12.8 Å². The maximum absolute atomic E-state index is 10.6. The van der Waals surface area contributed by atoms with Gasteiger partial charge >= 0.3 is 0 Å². The smallest absolute Gasteiger partial charge is 0.200 e. The molecule has 31 heavy (non-hydrogen) atoms. The van der Waals surface area contributed by atoms with Crippen molar-refractivity contribution in [2.24, 2.45) is 0 Å². The summed E-state index contributed by atoms with van der Waals surface area (Å²) in [4.78, 5) is 0. The van der Waals surface area contributed by atoms with Crippen molar-refractivity contribution < 1.29 is 14.9 Å². The zero-order valence-corrected chi connectivity index (χ0v) is 20.8. The van der Waals surface area contributed by atoms with Gasteiger partial charge in [-0.1, -0.05) is 104 Å². The van der Waals surface area contributed by atoms with Crippen LogP contribution in [0, 0.1) is 0 Å². The molecule has 1 aromatic rings. The van der Waals surface area contributed by atoms with Gasteiger partial charge in [0.05, 0.1) is 6.61 Å². The minimum Gasteiger partial charge on any atom is -0.504 e. The first-order valence-corrected chi connectivity index (χ1v) is 13.3. The fourth-order valence-corrected chi connectivity index (χ4v) is 4.26. The van der Waals surface area contributed by atoms with Crippen LogP contribution in [0.2, 0.25) is 0 Å². The first-order chi connectivity index (χ1) is 15.2. The molecule has 3 heteroatoms. The van der Waals surface area contributed by atoms with Gasteiger partial charge in [-0.15, -0.1) is 0 Å². The molecule has 0 saturated carbocycles. The predicted molar refractivity (Wildman–Crippen MR) is 134 cm³/mol. The third-order valence-corrected chi connectivity index (χ3v) is 6.25. The van der Waals surface area contributed by atoms with E-state index in [-0.39, 0.29) is 11.5 Å². The van der Waals surface area contributed by atoms with Crippen molar-refractivity contribution >= 4 is 0 Å². The molecule has 3 nitrogen and oxygen atoms in total. The van der Waals surface area contributed by atoms with Gasteiger partial charge in [0.1, 0.15) is 0 Å². The zero-order chi connectivity index (χ0) is 22.7. The van der Waals surface area contributed by atoms with Crippen LogP contribution < -0.4 is 4.74 Å². The summed E-state index contributed by atoms with van der Waals surface area (Å²) >= 11 is 0. The molecule has 0 unspecified atom stereocenters. The predicted octanol–water partition coefficient (Wildman–Crippen LogP) is 8.86. The van der Waals surface area contributed by atoms with Crippen LogP contribution in [-0.4, -0.2) is 16.8 Å². The number of rotatable bonds is 20. The summed E-state index contributed by atoms with van der Waals surface area (Å²) in [5, 5.41) is 20.9. The molecule has 0 aliphatic rings. The SMILES string of the molecule is CCCCCCCCCCOc1c(O)c(O)cc(CCCCCC)c1CCCCCC. The summed E-state index contributed by atoms with van der Waals surface area (Å²) in [5.74, 6) is 0.445. The molecule has 0 spiro atoms. The summed E-state index contributed by atoms with van der Waals surface area (Å²) in [6.07, 6.45) is 21.5. The van der Waals surface area contributed by atoms with E-state index >= 15 is 0 Å². The number of phenolic OH excluding ortho intramolecular Hbond substituents is 2. The van der Waals surface area contributed by atoms with E-state index in [1.165, 1.54) is 83.5 Å². The number of aromatic hydroxyl groups is 2. The molecule has 2 N–H and O–H groups in total. The van der Waals surface area contributed by atoms with E-state index in [0.717, 1.165) is 43.2 Å². The third-order valence-electron chi connectivity index (χ3n) is 6.25. The van der Waals surface area contributed by atoms with E-state index in [1.807, 2.05) is 0 Å². The number of ether oxygens (including phenoxy) is 1. The van der Waals surface area contributed by atoms with Crippen LogP contribution in [0.3, 0.4) is 0 Å². The fourth-order valence-electron chi connectivity index (χ4n) is 4.26. The van der Waals surface area contributed by atoms with E-state index in [0.29, 0.717) is 12.4 Å². The van der Waals surface area contributed by atoms with Gasteiger partial charge in [0.15, 0.2) is 11.5 Å². The molecule has 0 heterocycles. The van der Waals surface area contributed by atoms with Crippen molar-refractivity contribution in [3.05, 3.63) is 17.2 Å². The van der Waals surface area contributed by atoms with E-state index in [2.05, 4.69) is 20.8 Å². The Kier molecular flexibility index (Phi) is 16.3. The Hall–Kier alpha value is -1.38. The molecule has 0 aromatic heterocycles. The number of phenols is 2. The van der Waals surface area contributed by atoms with Crippen LogP contribution in [0.5, 0.6) is 17.2 Å². The largest absolute Gasteiger partial charge is 0.504 e. The van der Waals surface area contributed by atoms with Gasteiger partial charge in [0.2, 0.25) is 5.75 Å². The summed E-state index contributed by atoms with van der Waals surface area (Å²) < 4.78 is 6.11. The van der Waals surface area contributed by atoms with Gasteiger partial charge in [-0.2, -0.15) is 0 Å². The second kappa shape index (κ2) is 18.2. The number of benzene rings is 1. The van der Waals surface area contributed by atoms with Gasteiger partial charge < -0.3 is 14.9 Å². The Morgan fingerprint density at radius 1 is 0.613 bits per heavy atom. The molecule has 0 atom stereocenters. The monoisotopic (exact) mass is 434 g/mol. The third kappa shape index (κ3) is 11.7. The molecule has 1 aromatic carbocycles. The van der Waals surface area contributed by atoms with Crippen molar-refractivity contribution in [3.8, 4) is 17.2 Å². The Morgan fingerprint density at radius 3 is 1.68 bits per heavy atom. The normalized spacial score (nSPS) is 11.2. The molecule has 0 radical (unpaired) electrons. The minimum atomic E-state index is -0.0673. The highest BCUT2D eigenvalue weighted by Gasteiger charge is 2.18. The molecule has 180 valence electrons. The summed E-state index contributed by atoms with van der Waals surface area (Å²) in [6.45, 7) is 7.32. The van der Waals surface area contributed by atoms with E-state index < -0.39 is 0 Å². The Morgan fingerprint density at radius 2 is 1.10 bits per heavy atom. The lowest BCUT2D eigenvalue weighted by Gasteiger charge is -2.18. The molecule has 0 bridgehead atoms. The molecule has 0 fully saturated rings. The number of unbranched alkanes of at least 4 members (excludes halogenated alkanes) is 13. The van der Waals surface area contributed by atoms with Crippen molar-refractivity contribution in [2.75, 3.05) is 6.61 Å². The summed E-state index contributed by atoms with van der Waals surface area (Å²) in [5.41, 5.74) is 2.29. The highest BCUT2D eigenvalue weighted by molar-refractivity contribution is 5.58. The zero-order valence-electron chi connectivity index (χ0n) is 20.8. The van der Waals surface area contributed by atoms with E-state index in [9.17, 15) is 10.2 Å². The molecular weight excluding hydrogens is 384 g/mol. The number of hydrogen-bond acceptors (Lipinski definition) is 3. The molecule has 0 aliphatic carbocycles. The summed E-state index contributed by atoms with van der Waals surface area (Å²) in [7, 11) is 0. The van der Waals surface area contributed by atoms with Crippen LogP contribution in [0.4, 0.5) is 0 Å². The van der Waals surface area contributed by atoms with Crippen molar-refractivity contribution in [2.45, 2.75) is 136 Å². The van der Waals surface area contributed by atoms with E-state index in [1.54, 1.807) is 6.07 Å². The first-order valence-electron chi connectivity index (χ1n) is 13.3. The van der Waals surface area contributed by atoms with E-state index in [4.69, 9.17) is 4.74 Å². The van der Waals surface area contributed by atoms with Gasteiger partial charge in [-0.3, -0.25) is 0 Å². The van der Waals surface area contributed by atoms with Crippen LogP contribution >= 0.6 is 0 Å². The Bertz CT molecular complexity index is 568. The molecule has 1 rings (SSSR count).